The number of anilines is 1. The molecule has 2 amide bonds. The molecular formula is C30H30F4N7O3+. The maximum Gasteiger partial charge on any atom is 0.416 e. The van der Waals surface area contributed by atoms with Crippen molar-refractivity contribution in [3.63, 3.8) is 0 Å². The van der Waals surface area contributed by atoms with Crippen LogP contribution in [0.25, 0.3) is 0 Å². The lowest BCUT2D eigenvalue weighted by Crippen LogP contribution is -2.57. The van der Waals surface area contributed by atoms with Crippen LogP contribution in [0.1, 0.15) is 48.2 Å². The number of amides is 2. The first-order chi connectivity index (χ1) is 20.8. The van der Waals surface area contributed by atoms with Crippen molar-refractivity contribution in [3.05, 3.63) is 82.8 Å². The van der Waals surface area contributed by atoms with Gasteiger partial charge in [-0.2, -0.15) is 24.0 Å². The molecular weight excluding hydrogens is 582 g/mol. The van der Waals surface area contributed by atoms with E-state index in [-0.39, 0.29) is 28.3 Å². The minimum Gasteiger partial charge on any atom is -0.379 e. The van der Waals surface area contributed by atoms with Crippen LogP contribution in [0.15, 0.2) is 70.3 Å². The second-order valence-electron chi connectivity index (χ2n) is 11.8. The van der Waals surface area contributed by atoms with Gasteiger partial charge in [-0.25, -0.2) is 9.37 Å². The van der Waals surface area contributed by atoms with Crippen molar-refractivity contribution in [3.8, 4) is 0 Å². The number of hydrogen-bond donors (Lipinski definition) is 2. The van der Waals surface area contributed by atoms with Crippen LogP contribution < -0.4 is 11.2 Å². The van der Waals surface area contributed by atoms with E-state index in [1.165, 1.54) is 18.3 Å². The molecule has 0 spiro atoms. The van der Waals surface area contributed by atoms with Crippen molar-refractivity contribution < 1.29 is 36.5 Å². The lowest BCUT2D eigenvalue weighted by Gasteiger charge is -2.45. The topological polar surface area (TPSA) is 122 Å². The normalized spacial score (nSPS) is 25.8. The zero-order valence-corrected chi connectivity index (χ0v) is 23.9. The number of ether oxygens (including phenoxy) is 1. The third kappa shape index (κ3) is 5.12. The van der Waals surface area contributed by atoms with Gasteiger partial charge < -0.3 is 15.0 Å². The summed E-state index contributed by atoms with van der Waals surface area (Å²) < 4.78 is 59.5. The Kier molecular flexibility index (Phi) is 7.25. The second-order valence-corrected chi connectivity index (χ2v) is 11.8. The smallest absolute Gasteiger partial charge is 0.379 e. The van der Waals surface area contributed by atoms with Gasteiger partial charge in [-0.1, -0.05) is 0 Å². The molecule has 2 aromatic rings. The molecule has 2 fully saturated rings. The van der Waals surface area contributed by atoms with Crippen molar-refractivity contribution in [2.24, 2.45) is 27.2 Å². The van der Waals surface area contributed by atoms with Crippen LogP contribution in [-0.2, 0) is 15.7 Å². The number of carbonyl (C=O) groups excluding carboxylic acids is 2. The fourth-order valence-electron chi connectivity index (χ4n) is 5.89. The number of hydrogen-bond acceptors (Lipinski definition) is 7. The maximum absolute atomic E-state index is 15.4. The standard InChI is InChI=1S/C30H29F4N7O3/c1-17-3-4-19(14-40(17)28(43)29(2)15-44-16-29)25-23-13-36-9-10-41(23,35)26(39-25)18-5-6-21(22(31)11-18)27(42)38-24-12-20(7-8-37-24)30(32,33)34/h5-13,17,19H,3-4,14-16,35H2,1-2H3/p+1/t17-,19+,41?/m0/s1. The Morgan fingerprint density at radius 3 is 2.64 bits per heavy atom. The van der Waals surface area contributed by atoms with Crippen LogP contribution in [0.3, 0.4) is 0 Å². The second kappa shape index (κ2) is 10.7. The number of quaternary nitrogens is 1. The zero-order valence-electron chi connectivity index (χ0n) is 23.9. The lowest BCUT2D eigenvalue weighted by atomic mass is 9.83. The third-order valence-electron chi connectivity index (χ3n) is 8.51. The Balaban J connectivity index is 1.27. The van der Waals surface area contributed by atoms with Gasteiger partial charge in [0.25, 0.3) is 11.7 Å². The maximum atomic E-state index is 15.4. The van der Waals surface area contributed by atoms with E-state index in [0.29, 0.717) is 48.6 Å². The van der Waals surface area contributed by atoms with Gasteiger partial charge in [0.15, 0.2) is 0 Å². The number of amidine groups is 1. The summed E-state index contributed by atoms with van der Waals surface area (Å²) in [6.07, 6.45) is 2.51. The van der Waals surface area contributed by atoms with E-state index in [0.717, 1.165) is 31.2 Å². The predicted molar refractivity (Wildman–Crippen MR) is 152 cm³/mol. The SMILES string of the molecule is C[C@H]1CC[C@@H](C2=C3C=NC=C[N+]3(N)C(c3ccc(C(=O)Nc4cc(C(F)(F)F)ccn4)c(F)c3)=N2)CN1C(=O)C1(C)COC1. The summed E-state index contributed by atoms with van der Waals surface area (Å²) in [6, 6.07) is 5.27. The minimum atomic E-state index is -4.63. The molecule has 10 nitrogen and oxygen atoms in total. The van der Waals surface area contributed by atoms with E-state index < -0.39 is 34.4 Å². The Bertz CT molecular complexity index is 1660. The molecule has 0 radical (unpaired) electrons. The van der Waals surface area contributed by atoms with Gasteiger partial charge in [0.05, 0.1) is 47.7 Å². The number of aromatic nitrogens is 1. The number of allylic oxidation sites excluding steroid dienone is 1. The predicted octanol–water partition coefficient (Wildman–Crippen LogP) is 4.37. The van der Waals surface area contributed by atoms with E-state index in [1.807, 2.05) is 18.7 Å². The summed E-state index contributed by atoms with van der Waals surface area (Å²) in [5.41, 5.74) is -0.425. The number of aliphatic imine (C=N–C) groups is 2. The number of nitrogens with one attached hydrogen (secondary N) is 1. The van der Waals surface area contributed by atoms with Crippen LogP contribution >= 0.6 is 0 Å². The first-order valence-corrected chi connectivity index (χ1v) is 14.1. The van der Waals surface area contributed by atoms with Crippen molar-refractivity contribution in [1.29, 1.82) is 0 Å². The highest BCUT2D eigenvalue weighted by atomic mass is 19.4. The third-order valence-corrected chi connectivity index (χ3v) is 8.51. The summed E-state index contributed by atoms with van der Waals surface area (Å²) in [6.45, 7) is 5.12. The monoisotopic (exact) mass is 612 g/mol. The lowest BCUT2D eigenvalue weighted by molar-refractivity contribution is -0.750. The highest BCUT2D eigenvalue weighted by Gasteiger charge is 2.49. The van der Waals surface area contributed by atoms with Crippen LogP contribution in [0, 0.1) is 17.2 Å². The van der Waals surface area contributed by atoms with E-state index in [4.69, 9.17) is 15.6 Å². The van der Waals surface area contributed by atoms with Crippen LogP contribution in [0.2, 0.25) is 0 Å². The van der Waals surface area contributed by atoms with Gasteiger partial charge >= 0.3 is 6.18 Å². The average Bonchev–Trinajstić information content (AvgIpc) is 3.28. The van der Waals surface area contributed by atoms with Crippen LogP contribution in [0.5, 0.6) is 0 Å². The average molecular weight is 613 g/mol. The van der Waals surface area contributed by atoms with Gasteiger partial charge in [0.1, 0.15) is 23.5 Å². The molecule has 3 N–H and O–H groups in total. The number of alkyl halides is 3. The van der Waals surface area contributed by atoms with Crippen molar-refractivity contribution in [2.75, 3.05) is 25.1 Å². The molecule has 3 atom stereocenters. The summed E-state index contributed by atoms with van der Waals surface area (Å²) in [5, 5.41) is 2.21. The molecule has 0 saturated carbocycles. The molecule has 4 aliphatic rings. The molecule has 1 aromatic heterocycles. The number of pyridine rings is 1. The highest BCUT2D eigenvalue weighted by Crippen LogP contribution is 2.40. The highest BCUT2D eigenvalue weighted by molar-refractivity contribution is 6.05. The number of piperidine rings is 1. The molecule has 5 heterocycles. The summed E-state index contributed by atoms with van der Waals surface area (Å²) in [4.78, 5) is 40.9. The number of nitrogens with two attached hydrogens (primary N) is 1. The fraction of sp³-hybridized carbons (Fsp3) is 0.367. The van der Waals surface area contributed by atoms with Gasteiger partial charge in [-0.05, 0) is 57.0 Å². The molecule has 1 unspecified atom stereocenters. The Hall–Kier alpha value is -4.27. The molecule has 230 valence electrons. The van der Waals surface area contributed by atoms with Gasteiger partial charge in [-0.15, -0.1) is 4.59 Å². The first kappa shape index (κ1) is 29.8. The number of carbonyl (C=O) groups is 2. The van der Waals surface area contributed by atoms with E-state index in [1.54, 1.807) is 12.4 Å². The molecule has 6 rings (SSSR count). The van der Waals surface area contributed by atoms with Crippen molar-refractivity contribution >= 4 is 29.7 Å². The van der Waals surface area contributed by atoms with E-state index >= 15 is 4.39 Å². The number of nitrogens with zero attached hydrogens (tertiary/aromatic N) is 5. The van der Waals surface area contributed by atoms with Crippen LogP contribution in [-0.4, -0.2) is 64.1 Å². The Morgan fingerprint density at radius 1 is 1.18 bits per heavy atom. The van der Waals surface area contributed by atoms with E-state index in [2.05, 4.69) is 15.3 Å². The largest absolute Gasteiger partial charge is 0.416 e. The number of halogens is 4. The quantitative estimate of drug-likeness (QED) is 0.295. The molecule has 2 saturated heterocycles. The van der Waals surface area contributed by atoms with Crippen LogP contribution in [0.4, 0.5) is 23.4 Å². The van der Waals surface area contributed by atoms with Gasteiger partial charge in [0.2, 0.25) is 11.6 Å². The molecule has 1 aromatic carbocycles. The Morgan fingerprint density at radius 2 is 1.95 bits per heavy atom. The van der Waals surface area contributed by atoms with Gasteiger partial charge in [-0.3, -0.25) is 14.6 Å². The number of fused-ring (bicyclic) bond motifs is 1. The number of rotatable bonds is 5. The van der Waals surface area contributed by atoms with Gasteiger partial charge in [0, 0.05) is 24.7 Å². The molecule has 44 heavy (non-hydrogen) atoms. The minimum absolute atomic E-state index is 0.0377. The van der Waals surface area contributed by atoms with Crippen molar-refractivity contribution in [1.82, 2.24) is 9.88 Å². The fourth-order valence-corrected chi connectivity index (χ4v) is 5.89. The zero-order chi connectivity index (χ0) is 31.4. The number of likely N-dealkylation sites (tertiary alicyclic amines) is 1. The van der Waals surface area contributed by atoms with E-state index in [9.17, 15) is 22.8 Å². The first-order valence-electron chi connectivity index (χ1n) is 14.1. The summed E-state index contributed by atoms with van der Waals surface area (Å²) in [7, 11) is 0. The molecule has 0 aliphatic carbocycles. The Labute approximate surface area is 250 Å². The molecule has 4 aliphatic heterocycles. The molecule has 0 bridgehead atoms. The molecule has 14 heteroatoms. The summed E-state index contributed by atoms with van der Waals surface area (Å²) >= 11 is 0. The van der Waals surface area contributed by atoms with Crippen molar-refractivity contribution in [2.45, 2.75) is 38.9 Å². The summed E-state index contributed by atoms with van der Waals surface area (Å²) in [5.74, 6) is 4.74. The number of benzene rings is 1.